The first kappa shape index (κ1) is 17.0. The van der Waals surface area contributed by atoms with E-state index in [4.69, 9.17) is 11.5 Å². The second-order valence-corrected chi connectivity index (χ2v) is 6.71. The maximum atomic E-state index is 11.0. The Bertz CT molecular complexity index is 942. The van der Waals surface area contributed by atoms with Gasteiger partial charge in [0.2, 0.25) is 11.9 Å². The van der Waals surface area contributed by atoms with Crippen molar-refractivity contribution in [3.63, 3.8) is 0 Å². The maximum absolute atomic E-state index is 11.0. The molecule has 0 amide bonds. The molecular formula is C17H20N8O2. The predicted octanol–water partition coefficient (Wildman–Crippen LogP) is 1.89. The second kappa shape index (κ2) is 6.38. The number of rotatable bonds is 3. The summed E-state index contributed by atoms with van der Waals surface area (Å²) in [5.74, 6) is 0.441. The van der Waals surface area contributed by atoms with Crippen LogP contribution in [0.4, 0.5) is 11.4 Å². The molecule has 1 aliphatic heterocycles. The highest BCUT2D eigenvalue weighted by molar-refractivity contribution is 6.06. The van der Waals surface area contributed by atoms with E-state index in [2.05, 4.69) is 15.1 Å². The molecule has 1 fully saturated rings. The van der Waals surface area contributed by atoms with Crippen LogP contribution in [0.3, 0.4) is 0 Å². The molecule has 0 saturated heterocycles. The van der Waals surface area contributed by atoms with Crippen molar-refractivity contribution in [2.45, 2.75) is 37.8 Å². The summed E-state index contributed by atoms with van der Waals surface area (Å²) in [6, 6.07) is 7.44. The van der Waals surface area contributed by atoms with Crippen LogP contribution < -0.4 is 16.4 Å². The van der Waals surface area contributed by atoms with Gasteiger partial charge in [0.1, 0.15) is 18.1 Å². The highest BCUT2D eigenvalue weighted by atomic mass is 16.6. The van der Waals surface area contributed by atoms with Gasteiger partial charge in [0.05, 0.1) is 16.3 Å². The van der Waals surface area contributed by atoms with Crippen LogP contribution in [0.2, 0.25) is 0 Å². The summed E-state index contributed by atoms with van der Waals surface area (Å²) in [4.78, 5) is 21.3. The standard InChI is InChI=1S/C17H20N8O2/c18-15-21-16(19)24(17(22-15)8-4-1-5-9-17)14-7-3-2-6-13(14)23-11-12(10-20-23)25(26)27/h2-3,6-7,10-11H,1,4-5,8-9H2,(H4,18,19,21,22). The minimum Gasteiger partial charge on any atom is -0.369 e. The average Bonchev–Trinajstić information content (AvgIpc) is 3.12. The minimum atomic E-state index is -0.594. The van der Waals surface area contributed by atoms with Crippen molar-refractivity contribution >= 4 is 23.3 Å². The minimum absolute atomic E-state index is 0.0836. The maximum Gasteiger partial charge on any atom is 0.307 e. The van der Waals surface area contributed by atoms with Crippen LogP contribution in [-0.4, -0.2) is 32.3 Å². The number of nitro groups is 1. The fraction of sp³-hybridized carbons (Fsp3) is 0.353. The van der Waals surface area contributed by atoms with Crippen molar-refractivity contribution in [2.24, 2.45) is 21.5 Å². The highest BCUT2D eigenvalue weighted by Gasteiger charge is 2.43. The molecule has 0 unspecified atom stereocenters. The average molecular weight is 368 g/mol. The predicted molar refractivity (Wildman–Crippen MR) is 102 cm³/mol. The number of aliphatic imine (C=N–C) groups is 2. The monoisotopic (exact) mass is 368 g/mol. The zero-order valence-corrected chi connectivity index (χ0v) is 14.7. The molecule has 1 spiro atoms. The molecule has 2 aliphatic rings. The Balaban J connectivity index is 1.84. The van der Waals surface area contributed by atoms with Crippen LogP contribution in [0.5, 0.6) is 0 Å². The van der Waals surface area contributed by atoms with E-state index in [0.29, 0.717) is 5.69 Å². The third-order valence-electron chi connectivity index (χ3n) is 5.00. The lowest BCUT2D eigenvalue weighted by Gasteiger charge is -2.46. The van der Waals surface area contributed by atoms with Crippen molar-refractivity contribution in [3.8, 4) is 5.69 Å². The van der Waals surface area contributed by atoms with Gasteiger partial charge < -0.3 is 11.5 Å². The Labute approximate surface area is 155 Å². The van der Waals surface area contributed by atoms with E-state index in [1.807, 2.05) is 29.2 Å². The molecule has 0 bridgehead atoms. The molecule has 27 heavy (non-hydrogen) atoms. The third kappa shape index (κ3) is 2.88. The van der Waals surface area contributed by atoms with Crippen molar-refractivity contribution in [1.82, 2.24) is 9.78 Å². The van der Waals surface area contributed by atoms with Gasteiger partial charge >= 0.3 is 5.69 Å². The lowest BCUT2D eigenvalue weighted by atomic mass is 9.87. The first-order chi connectivity index (χ1) is 13.0. The molecule has 2 aromatic rings. The van der Waals surface area contributed by atoms with Gasteiger partial charge in [0.25, 0.3) is 0 Å². The van der Waals surface area contributed by atoms with Crippen LogP contribution in [0, 0.1) is 10.1 Å². The van der Waals surface area contributed by atoms with Crippen molar-refractivity contribution in [3.05, 3.63) is 46.8 Å². The van der Waals surface area contributed by atoms with Gasteiger partial charge in [-0.3, -0.25) is 15.0 Å². The number of hydrogen-bond acceptors (Lipinski definition) is 8. The number of hydrogen-bond donors (Lipinski definition) is 2. The SMILES string of the molecule is NC1=NC2(CCCCC2)N(c2ccccc2-n2cc([N+](=O)[O-])cn2)C(N)=N1. The van der Waals surface area contributed by atoms with Crippen molar-refractivity contribution < 1.29 is 4.92 Å². The zero-order chi connectivity index (χ0) is 19.0. The molecular weight excluding hydrogens is 348 g/mol. The van der Waals surface area contributed by atoms with E-state index in [1.54, 1.807) is 0 Å². The summed E-state index contributed by atoms with van der Waals surface area (Å²) >= 11 is 0. The molecule has 0 atom stereocenters. The van der Waals surface area contributed by atoms with Crippen LogP contribution in [0.25, 0.3) is 5.69 Å². The van der Waals surface area contributed by atoms with Crippen LogP contribution in [-0.2, 0) is 0 Å². The summed E-state index contributed by atoms with van der Waals surface area (Å²) in [5, 5.41) is 15.2. The summed E-state index contributed by atoms with van der Waals surface area (Å²) in [6.45, 7) is 0. The smallest absolute Gasteiger partial charge is 0.307 e. The Morgan fingerprint density at radius 2 is 1.81 bits per heavy atom. The van der Waals surface area contributed by atoms with Gasteiger partial charge in [0.15, 0.2) is 0 Å². The van der Waals surface area contributed by atoms with E-state index in [-0.39, 0.29) is 17.6 Å². The highest BCUT2D eigenvalue weighted by Crippen LogP contribution is 2.41. The molecule has 1 aliphatic carbocycles. The third-order valence-corrected chi connectivity index (χ3v) is 5.00. The number of benzene rings is 1. The fourth-order valence-electron chi connectivity index (χ4n) is 3.86. The van der Waals surface area contributed by atoms with Gasteiger partial charge in [0, 0.05) is 0 Å². The number of guanidine groups is 2. The fourth-order valence-corrected chi connectivity index (χ4v) is 3.86. The molecule has 0 radical (unpaired) electrons. The first-order valence-corrected chi connectivity index (χ1v) is 8.78. The quantitative estimate of drug-likeness (QED) is 0.626. The lowest BCUT2D eigenvalue weighted by Crippen LogP contribution is -2.58. The molecule has 4 rings (SSSR count). The van der Waals surface area contributed by atoms with E-state index >= 15 is 0 Å². The largest absolute Gasteiger partial charge is 0.369 e. The number of nitrogens with two attached hydrogens (primary N) is 2. The molecule has 10 nitrogen and oxygen atoms in total. The second-order valence-electron chi connectivity index (χ2n) is 6.71. The number of para-hydroxylation sites is 2. The van der Waals surface area contributed by atoms with Gasteiger partial charge in [-0.05, 0) is 37.8 Å². The Morgan fingerprint density at radius 1 is 1.11 bits per heavy atom. The van der Waals surface area contributed by atoms with E-state index in [9.17, 15) is 10.1 Å². The zero-order valence-electron chi connectivity index (χ0n) is 14.7. The van der Waals surface area contributed by atoms with Crippen LogP contribution in [0.1, 0.15) is 32.1 Å². The summed E-state index contributed by atoms with van der Waals surface area (Å²) in [7, 11) is 0. The van der Waals surface area contributed by atoms with Gasteiger partial charge in [-0.2, -0.15) is 10.1 Å². The topological polar surface area (TPSA) is 141 Å². The number of aromatic nitrogens is 2. The van der Waals surface area contributed by atoms with Crippen molar-refractivity contribution in [1.29, 1.82) is 0 Å². The molecule has 140 valence electrons. The number of anilines is 1. The molecule has 2 heterocycles. The van der Waals surface area contributed by atoms with E-state index in [0.717, 1.165) is 37.8 Å². The first-order valence-electron chi connectivity index (χ1n) is 8.78. The summed E-state index contributed by atoms with van der Waals surface area (Å²) in [5.41, 5.74) is 12.9. The van der Waals surface area contributed by atoms with E-state index < -0.39 is 10.6 Å². The molecule has 4 N–H and O–H groups in total. The van der Waals surface area contributed by atoms with E-state index in [1.165, 1.54) is 17.1 Å². The van der Waals surface area contributed by atoms with Gasteiger partial charge in [-0.25, -0.2) is 9.67 Å². The molecule has 1 aromatic heterocycles. The Hall–Kier alpha value is -3.43. The lowest BCUT2D eigenvalue weighted by molar-refractivity contribution is -0.384. The number of nitrogens with zero attached hydrogens (tertiary/aromatic N) is 6. The van der Waals surface area contributed by atoms with Gasteiger partial charge in [-0.15, -0.1) is 0 Å². The Kier molecular flexibility index (Phi) is 4.02. The molecule has 1 saturated carbocycles. The Morgan fingerprint density at radius 3 is 2.48 bits per heavy atom. The van der Waals surface area contributed by atoms with Gasteiger partial charge in [-0.1, -0.05) is 18.6 Å². The summed E-state index contributed by atoms with van der Waals surface area (Å²) in [6.07, 6.45) is 7.36. The summed E-state index contributed by atoms with van der Waals surface area (Å²) < 4.78 is 1.47. The van der Waals surface area contributed by atoms with Crippen LogP contribution >= 0.6 is 0 Å². The molecule has 10 heteroatoms. The van der Waals surface area contributed by atoms with Crippen LogP contribution in [0.15, 0.2) is 46.6 Å². The molecule has 1 aromatic carbocycles. The van der Waals surface area contributed by atoms with Crippen molar-refractivity contribution in [2.75, 3.05) is 4.90 Å². The normalized spacial score (nSPS) is 18.9.